The van der Waals surface area contributed by atoms with E-state index < -0.39 is 11.8 Å². The van der Waals surface area contributed by atoms with Gasteiger partial charge in [-0.3, -0.25) is 9.59 Å². The van der Waals surface area contributed by atoms with Crippen LogP contribution in [0.3, 0.4) is 0 Å². The van der Waals surface area contributed by atoms with E-state index in [4.69, 9.17) is 9.47 Å². The SMILES string of the molecule is Cc1ccccc1OCC(=O)Nc1ccc(Cc2ccc(NC(=O)COc3ccccc3C)c(O)c2)cc1O. The van der Waals surface area contributed by atoms with Crippen LogP contribution >= 0.6 is 0 Å². The normalized spacial score (nSPS) is 10.5. The number of aromatic hydroxyl groups is 2. The van der Waals surface area contributed by atoms with Crippen LogP contribution in [0.5, 0.6) is 23.0 Å². The van der Waals surface area contributed by atoms with Gasteiger partial charge in [0.05, 0.1) is 11.4 Å². The lowest BCUT2D eigenvalue weighted by atomic mass is 10.0. The van der Waals surface area contributed by atoms with Crippen molar-refractivity contribution >= 4 is 23.2 Å². The number of para-hydroxylation sites is 2. The lowest BCUT2D eigenvalue weighted by Gasteiger charge is -2.12. The van der Waals surface area contributed by atoms with E-state index in [0.29, 0.717) is 17.9 Å². The van der Waals surface area contributed by atoms with Crippen molar-refractivity contribution < 1.29 is 29.3 Å². The van der Waals surface area contributed by atoms with Gasteiger partial charge in [-0.2, -0.15) is 0 Å². The minimum atomic E-state index is -0.395. The molecular weight excluding hydrogens is 496 g/mol. The first-order chi connectivity index (χ1) is 18.8. The molecule has 4 rings (SSSR count). The maximum absolute atomic E-state index is 12.3. The molecule has 0 aliphatic rings. The molecule has 0 unspecified atom stereocenters. The van der Waals surface area contributed by atoms with E-state index in [0.717, 1.165) is 22.3 Å². The molecule has 4 aromatic carbocycles. The Morgan fingerprint density at radius 3 is 1.44 bits per heavy atom. The first-order valence-corrected chi connectivity index (χ1v) is 12.4. The van der Waals surface area contributed by atoms with Crippen LogP contribution in [0.1, 0.15) is 22.3 Å². The van der Waals surface area contributed by atoms with E-state index in [1.165, 1.54) is 0 Å². The summed E-state index contributed by atoms with van der Waals surface area (Å²) in [5, 5.41) is 26.2. The lowest BCUT2D eigenvalue weighted by molar-refractivity contribution is -0.118. The Morgan fingerprint density at radius 1 is 0.641 bits per heavy atom. The molecule has 0 radical (unpaired) electrons. The monoisotopic (exact) mass is 526 g/mol. The third-order valence-corrected chi connectivity index (χ3v) is 5.99. The van der Waals surface area contributed by atoms with Crippen LogP contribution in [0.15, 0.2) is 84.9 Å². The summed E-state index contributed by atoms with van der Waals surface area (Å²) in [6, 6.07) is 24.7. The number of carbonyl (C=O) groups is 2. The quantitative estimate of drug-likeness (QED) is 0.207. The van der Waals surface area contributed by atoms with Crippen LogP contribution in [0.2, 0.25) is 0 Å². The molecule has 200 valence electrons. The summed E-state index contributed by atoms with van der Waals surface area (Å²) in [5.74, 6) is 0.284. The third-order valence-electron chi connectivity index (χ3n) is 5.99. The summed E-state index contributed by atoms with van der Waals surface area (Å²) >= 11 is 0. The Bertz CT molecular complexity index is 1370. The van der Waals surface area contributed by atoms with Gasteiger partial charge >= 0.3 is 0 Å². The topological polar surface area (TPSA) is 117 Å². The molecule has 0 aromatic heterocycles. The summed E-state index contributed by atoms with van der Waals surface area (Å²) in [6.45, 7) is 3.41. The van der Waals surface area contributed by atoms with Gasteiger partial charge in [-0.1, -0.05) is 48.5 Å². The van der Waals surface area contributed by atoms with Crippen molar-refractivity contribution in [1.29, 1.82) is 0 Å². The zero-order valence-corrected chi connectivity index (χ0v) is 21.7. The van der Waals surface area contributed by atoms with Gasteiger partial charge < -0.3 is 30.3 Å². The highest BCUT2D eigenvalue weighted by atomic mass is 16.5. The van der Waals surface area contributed by atoms with Crippen molar-refractivity contribution in [2.45, 2.75) is 20.3 Å². The summed E-state index contributed by atoms with van der Waals surface area (Å²) in [7, 11) is 0. The smallest absolute Gasteiger partial charge is 0.262 e. The fourth-order valence-electron chi connectivity index (χ4n) is 3.92. The Morgan fingerprint density at radius 2 is 1.05 bits per heavy atom. The number of carbonyl (C=O) groups excluding carboxylic acids is 2. The molecule has 4 aromatic rings. The number of anilines is 2. The molecule has 0 saturated carbocycles. The molecule has 4 N–H and O–H groups in total. The average Bonchev–Trinajstić information content (AvgIpc) is 2.91. The molecule has 0 aliphatic heterocycles. The molecule has 8 heteroatoms. The molecule has 8 nitrogen and oxygen atoms in total. The van der Waals surface area contributed by atoms with E-state index in [1.54, 1.807) is 48.5 Å². The molecule has 0 fully saturated rings. The van der Waals surface area contributed by atoms with Gasteiger partial charge in [0.2, 0.25) is 0 Å². The van der Waals surface area contributed by atoms with Crippen molar-refractivity contribution in [1.82, 2.24) is 0 Å². The van der Waals surface area contributed by atoms with Crippen LogP contribution < -0.4 is 20.1 Å². The number of hydrogen-bond acceptors (Lipinski definition) is 6. The third kappa shape index (κ3) is 7.52. The van der Waals surface area contributed by atoms with E-state index >= 15 is 0 Å². The second kappa shape index (κ2) is 12.5. The fourth-order valence-corrected chi connectivity index (χ4v) is 3.92. The van der Waals surface area contributed by atoms with Crippen molar-refractivity contribution in [3.05, 3.63) is 107 Å². The van der Waals surface area contributed by atoms with Gasteiger partial charge in [0.1, 0.15) is 23.0 Å². The highest BCUT2D eigenvalue weighted by molar-refractivity contribution is 5.94. The largest absolute Gasteiger partial charge is 0.506 e. The molecule has 39 heavy (non-hydrogen) atoms. The Hall–Kier alpha value is -4.98. The zero-order valence-electron chi connectivity index (χ0n) is 21.7. The fraction of sp³-hybridized carbons (Fsp3) is 0.161. The molecule has 0 aliphatic carbocycles. The number of amides is 2. The van der Waals surface area contributed by atoms with Crippen molar-refractivity contribution in [2.75, 3.05) is 23.8 Å². The number of nitrogens with one attached hydrogen (secondary N) is 2. The second-order valence-corrected chi connectivity index (χ2v) is 9.08. The first-order valence-electron chi connectivity index (χ1n) is 12.4. The van der Waals surface area contributed by atoms with E-state index in [1.807, 2.05) is 50.2 Å². The van der Waals surface area contributed by atoms with Crippen LogP contribution in [0, 0.1) is 13.8 Å². The number of ether oxygens (including phenoxy) is 2. The Labute approximate surface area is 226 Å². The highest BCUT2D eigenvalue weighted by Crippen LogP contribution is 2.29. The molecule has 0 heterocycles. The van der Waals surface area contributed by atoms with Gasteiger partial charge in [0, 0.05) is 0 Å². The minimum Gasteiger partial charge on any atom is -0.506 e. The summed E-state index contributed by atoms with van der Waals surface area (Å²) in [5.41, 5.74) is 3.92. The molecule has 0 atom stereocenters. The minimum absolute atomic E-state index is 0.0847. The number of phenols is 2. The van der Waals surface area contributed by atoms with Crippen molar-refractivity contribution in [3.8, 4) is 23.0 Å². The molecule has 0 bridgehead atoms. The zero-order chi connectivity index (χ0) is 27.8. The van der Waals surface area contributed by atoms with Crippen LogP contribution in [-0.2, 0) is 16.0 Å². The number of phenolic OH excluding ortho intramolecular Hbond substituents is 2. The Balaban J connectivity index is 1.30. The van der Waals surface area contributed by atoms with Gasteiger partial charge in [-0.15, -0.1) is 0 Å². The maximum atomic E-state index is 12.3. The van der Waals surface area contributed by atoms with Gasteiger partial charge in [-0.05, 0) is 78.9 Å². The predicted molar refractivity (Wildman–Crippen MR) is 150 cm³/mol. The second-order valence-electron chi connectivity index (χ2n) is 9.08. The van der Waals surface area contributed by atoms with Crippen LogP contribution in [-0.4, -0.2) is 35.2 Å². The van der Waals surface area contributed by atoms with Crippen molar-refractivity contribution in [3.63, 3.8) is 0 Å². The first kappa shape index (κ1) is 27.1. The lowest BCUT2D eigenvalue weighted by Crippen LogP contribution is -2.20. The molecule has 0 saturated heterocycles. The van der Waals surface area contributed by atoms with Crippen LogP contribution in [0.25, 0.3) is 0 Å². The van der Waals surface area contributed by atoms with E-state index in [9.17, 15) is 19.8 Å². The van der Waals surface area contributed by atoms with E-state index in [2.05, 4.69) is 10.6 Å². The van der Waals surface area contributed by atoms with Crippen molar-refractivity contribution in [2.24, 2.45) is 0 Å². The Kier molecular flexibility index (Phi) is 8.68. The standard InChI is InChI=1S/C31H30N2O6/c1-20-7-3-5-9-28(20)38-18-30(36)32-24-13-11-22(16-26(24)34)15-23-12-14-25(27(35)17-23)33-31(37)19-39-29-10-6-4-8-21(29)2/h3-14,16-17,34-35H,15,18-19H2,1-2H3,(H,32,36)(H,33,37). The van der Waals surface area contributed by atoms with Crippen LogP contribution in [0.4, 0.5) is 11.4 Å². The number of aryl methyl sites for hydroxylation is 2. The number of hydrogen-bond donors (Lipinski definition) is 4. The van der Waals surface area contributed by atoms with Gasteiger partial charge in [0.25, 0.3) is 11.8 Å². The summed E-state index contributed by atoms with van der Waals surface area (Å²) < 4.78 is 11.1. The molecule has 0 spiro atoms. The van der Waals surface area contributed by atoms with E-state index in [-0.39, 0.29) is 36.1 Å². The predicted octanol–water partition coefficient (Wildman–Crippen LogP) is 5.34. The highest BCUT2D eigenvalue weighted by Gasteiger charge is 2.12. The van der Waals surface area contributed by atoms with Gasteiger partial charge in [0.15, 0.2) is 13.2 Å². The average molecular weight is 527 g/mol. The number of benzene rings is 4. The molecule has 2 amide bonds. The summed E-state index contributed by atoms with van der Waals surface area (Å²) in [6.07, 6.45) is 0.413. The van der Waals surface area contributed by atoms with Gasteiger partial charge in [-0.25, -0.2) is 0 Å². The number of rotatable bonds is 10. The maximum Gasteiger partial charge on any atom is 0.262 e. The molecular formula is C31H30N2O6. The summed E-state index contributed by atoms with van der Waals surface area (Å²) in [4.78, 5) is 24.6.